The zero-order chi connectivity index (χ0) is 14.3. The largest absolute Gasteiger partial charge is 0.478 e. The van der Waals surface area contributed by atoms with E-state index in [2.05, 4.69) is 18.5 Å². The Morgan fingerprint density at radius 2 is 1.53 bits per heavy atom. The predicted molar refractivity (Wildman–Crippen MR) is 65.5 cm³/mol. The Kier molecular flexibility index (Phi) is 20.4. The number of aliphatic hydroxyl groups is 2. The standard InChI is InChI=1S/C6H11NO.C3H4O2.C2H6O2/c1-4-6(8)7-5(2)3;1-2-3(4)5;3-1-2-4/h4-5H,1H2,2-3H3,(H,7,8);2H,1H2,(H,4,5);3-4H,1-2H2. The zero-order valence-electron chi connectivity index (χ0n) is 10.2. The lowest BCUT2D eigenvalue weighted by Gasteiger charge is -2.02. The van der Waals surface area contributed by atoms with Gasteiger partial charge in [0.1, 0.15) is 0 Å². The van der Waals surface area contributed by atoms with Gasteiger partial charge in [-0.3, -0.25) is 4.79 Å². The summed E-state index contributed by atoms with van der Waals surface area (Å²) in [6.07, 6.45) is 2.10. The van der Waals surface area contributed by atoms with E-state index < -0.39 is 5.97 Å². The van der Waals surface area contributed by atoms with Crippen molar-refractivity contribution >= 4 is 11.9 Å². The van der Waals surface area contributed by atoms with Crippen molar-refractivity contribution in [2.45, 2.75) is 19.9 Å². The Labute approximate surface area is 101 Å². The molecule has 0 saturated carbocycles. The maximum Gasteiger partial charge on any atom is 0.327 e. The third-order valence-corrected chi connectivity index (χ3v) is 0.891. The van der Waals surface area contributed by atoms with E-state index in [1.807, 2.05) is 13.8 Å². The fraction of sp³-hybridized carbons (Fsp3) is 0.455. The van der Waals surface area contributed by atoms with Crippen molar-refractivity contribution in [3.05, 3.63) is 25.3 Å². The maximum absolute atomic E-state index is 10.4. The molecule has 0 unspecified atom stereocenters. The maximum atomic E-state index is 10.4. The van der Waals surface area contributed by atoms with Crippen LogP contribution in [0.3, 0.4) is 0 Å². The van der Waals surface area contributed by atoms with Gasteiger partial charge < -0.3 is 20.6 Å². The number of carboxylic acids is 1. The molecule has 0 radical (unpaired) electrons. The molecular weight excluding hydrogens is 226 g/mol. The van der Waals surface area contributed by atoms with E-state index in [9.17, 15) is 9.59 Å². The Morgan fingerprint density at radius 3 is 1.59 bits per heavy atom. The number of aliphatic carboxylic acids is 1. The first-order valence-corrected chi connectivity index (χ1v) is 4.85. The molecule has 0 aromatic carbocycles. The molecule has 0 aliphatic carbocycles. The summed E-state index contributed by atoms with van der Waals surface area (Å²) in [5.74, 6) is -1.09. The Morgan fingerprint density at radius 1 is 1.18 bits per heavy atom. The predicted octanol–water partition coefficient (Wildman–Crippen LogP) is -0.0750. The van der Waals surface area contributed by atoms with Crippen molar-refractivity contribution < 1.29 is 24.9 Å². The van der Waals surface area contributed by atoms with Crippen molar-refractivity contribution in [2.75, 3.05) is 13.2 Å². The number of amides is 1. The molecule has 0 aromatic heterocycles. The van der Waals surface area contributed by atoms with E-state index in [0.29, 0.717) is 0 Å². The third kappa shape index (κ3) is 40.5. The Bertz CT molecular complexity index is 224. The fourth-order valence-electron chi connectivity index (χ4n) is 0.343. The van der Waals surface area contributed by atoms with Crippen LogP contribution in [0.5, 0.6) is 0 Å². The summed E-state index contributed by atoms with van der Waals surface area (Å²) in [5, 5.41) is 25.5. The first kappa shape index (κ1) is 20.7. The monoisotopic (exact) mass is 247 g/mol. The van der Waals surface area contributed by atoms with Crippen LogP contribution in [-0.2, 0) is 9.59 Å². The number of rotatable bonds is 4. The van der Waals surface area contributed by atoms with Crippen LogP contribution in [0.15, 0.2) is 25.3 Å². The molecule has 6 nitrogen and oxygen atoms in total. The van der Waals surface area contributed by atoms with Gasteiger partial charge in [0.25, 0.3) is 0 Å². The van der Waals surface area contributed by atoms with Crippen molar-refractivity contribution in [1.82, 2.24) is 5.32 Å². The molecule has 0 bridgehead atoms. The smallest absolute Gasteiger partial charge is 0.327 e. The van der Waals surface area contributed by atoms with E-state index >= 15 is 0 Å². The lowest BCUT2D eigenvalue weighted by Crippen LogP contribution is -2.27. The number of aliphatic hydroxyl groups excluding tert-OH is 2. The minimum Gasteiger partial charge on any atom is -0.478 e. The minimum absolute atomic E-state index is 0.111. The van der Waals surface area contributed by atoms with Crippen LogP contribution >= 0.6 is 0 Å². The summed E-state index contributed by atoms with van der Waals surface area (Å²) < 4.78 is 0. The lowest BCUT2D eigenvalue weighted by molar-refractivity contribution is -0.131. The van der Waals surface area contributed by atoms with Gasteiger partial charge >= 0.3 is 5.97 Å². The molecular formula is C11H21NO5. The number of hydrogen-bond acceptors (Lipinski definition) is 4. The first-order chi connectivity index (χ1) is 7.85. The number of carboxylic acid groups (broad SMARTS) is 1. The number of carbonyl (C=O) groups excluding carboxylic acids is 1. The number of nitrogens with one attached hydrogen (secondary N) is 1. The molecule has 100 valence electrons. The molecule has 0 fully saturated rings. The van der Waals surface area contributed by atoms with E-state index in [0.717, 1.165) is 6.08 Å². The summed E-state index contributed by atoms with van der Waals surface area (Å²) in [4.78, 5) is 19.6. The quantitative estimate of drug-likeness (QED) is 0.520. The number of hydrogen-bond donors (Lipinski definition) is 4. The summed E-state index contributed by atoms with van der Waals surface area (Å²) in [6, 6.07) is 0.209. The summed E-state index contributed by atoms with van der Waals surface area (Å²) in [6.45, 7) is 9.82. The van der Waals surface area contributed by atoms with Gasteiger partial charge in [-0.25, -0.2) is 4.79 Å². The molecule has 0 saturated heterocycles. The van der Waals surface area contributed by atoms with Crippen LogP contribution in [0, 0.1) is 0 Å². The van der Waals surface area contributed by atoms with Gasteiger partial charge in [-0.1, -0.05) is 13.2 Å². The van der Waals surface area contributed by atoms with Crippen LogP contribution in [0.4, 0.5) is 0 Å². The molecule has 6 heteroatoms. The SMILES string of the molecule is C=CC(=O)NC(C)C.C=CC(=O)O.OCCO. The first-order valence-electron chi connectivity index (χ1n) is 4.85. The highest BCUT2D eigenvalue weighted by Gasteiger charge is 1.93. The van der Waals surface area contributed by atoms with Crippen molar-refractivity contribution in [1.29, 1.82) is 0 Å². The minimum atomic E-state index is -0.981. The highest BCUT2D eigenvalue weighted by atomic mass is 16.4. The topological polar surface area (TPSA) is 107 Å². The van der Waals surface area contributed by atoms with E-state index in [1.54, 1.807) is 0 Å². The van der Waals surface area contributed by atoms with Gasteiger partial charge in [0.2, 0.25) is 5.91 Å². The fourth-order valence-corrected chi connectivity index (χ4v) is 0.343. The van der Waals surface area contributed by atoms with E-state index in [1.165, 1.54) is 6.08 Å². The second-order valence-corrected chi connectivity index (χ2v) is 2.86. The molecule has 0 spiro atoms. The number of carbonyl (C=O) groups is 2. The molecule has 0 aliphatic rings. The van der Waals surface area contributed by atoms with Crippen molar-refractivity contribution in [2.24, 2.45) is 0 Å². The van der Waals surface area contributed by atoms with Crippen molar-refractivity contribution in [3.8, 4) is 0 Å². The van der Waals surface area contributed by atoms with Crippen molar-refractivity contribution in [3.63, 3.8) is 0 Å². The van der Waals surface area contributed by atoms with Crippen LogP contribution in [-0.4, -0.2) is 46.5 Å². The molecule has 0 aromatic rings. The van der Waals surface area contributed by atoms with Gasteiger partial charge in [-0.15, -0.1) is 0 Å². The average Bonchev–Trinajstić information content (AvgIpc) is 2.29. The van der Waals surface area contributed by atoms with E-state index in [4.69, 9.17) is 15.3 Å². The highest BCUT2D eigenvalue weighted by Crippen LogP contribution is 1.75. The molecule has 0 heterocycles. The molecule has 1 amide bonds. The van der Waals surface area contributed by atoms with Crippen LogP contribution in [0.1, 0.15) is 13.8 Å². The molecule has 4 N–H and O–H groups in total. The van der Waals surface area contributed by atoms with Crippen LogP contribution in [0.2, 0.25) is 0 Å². The zero-order valence-corrected chi connectivity index (χ0v) is 10.2. The van der Waals surface area contributed by atoms with Gasteiger partial charge in [0, 0.05) is 12.1 Å². The highest BCUT2D eigenvalue weighted by molar-refractivity contribution is 5.86. The molecule has 0 rings (SSSR count). The van der Waals surface area contributed by atoms with E-state index in [-0.39, 0.29) is 25.2 Å². The second kappa shape index (κ2) is 16.8. The van der Waals surface area contributed by atoms with Gasteiger partial charge in [0.05, 0.1) is 13.2 Å². The Hall–Kier alpha value is -1.66. The Balaban J connectivity index is -0.000000188. The van der Waals surface area contributed by atoms with Crippen LogP contribution < -0.4 is 5.32 Å². The van der Waals surface area contributed by atoms with Gasteiger partial charge in [-0.05, 0) is 19.9 Å². The van der Waals surface area contributed by atoms with Gasteiger partial charge in [-0.2, -0.15) is 0 Å². The average molecular weight is 247 g/mol. The second-order valence-electron chi connectivity index (χ2n) is 2.86. The summed E-state index contributed by atoms with van der Waals surface area (Å²) >= 11 is 0. The summed E-state index contributed by atoms with van der Waals surface area (Å²) in [7, 11) is 0. The van der Waals surface area contributed by atoms with Crippen LogP contribution in [0.25, 0.3) is 0 Å². The molecule has 0 atom stereocenters. The molecule has 17 heavy (non-hydrogen) atoms. The summed E-state index contributed by atoms with van der Waals surface area (Å²) in [5.41, 5.74) is 0. The lowest BCUT2D eigenvalue weighted by atomic mass is 10.4. The molecule has 0 aliphatic heterocycles. The third-order valence-electron chi connectivity index (χ3n) is 0.891. The van der Waals surface area contributed by atoms with Gasteiger partial charge in [0.15, 0.2) is 0 Å². The normalized spacial score (nSPS) is 7.82.